The summed E-state index contributed by atoms with van der Waals surface area (Å²) in [4.78, 5) is 23.7. The van der Waals surface area contributed by atoms with E-state index < -0.39 is 0 Å². The standard InChI is InChI=1S/C21H28N8O3S/c1-4-22-18-24-19(23-5-2)29-20(25-18)26-27-21(29)33-13-16(30)28(6-3)12-14-8-7-9-15-17(14)32-11-10-31-15/h7-9H,4-6,10-13H2,1-3H3,(H2,22,23,24,25,26). The van der Waals surface area contributed by atoms with E-state index >= 15 is 0 Å². The van der Waals surface area contributed by atoms with Gasteiger partial charge < -0.3 is 25.0 Å². The van der Waals surface area contributed by atoms with Crippen LogP contribution in [0.4, 0.5) is 11.9 Å². The Bertz CT molecular complexity index is 1120. The molecular weight excluding hydrogens is 444 g/mol. The van der Waals surface area contributed by atoms with Crippen LogP contribution in [0, 0.1) is 0 Å². The van der Waals surface area contributed by atoms with Crippen molar-refractivity contribution < 1.29 is 14.3 Å². The molecule has 33 heavy (non-hydrogen) atoms. The average Bonchev–Trinajstić information content (AvgIpc) is 3.24. The number of aromatic nitrogens is 5. The Morgan fingerprint density at radius 2 is 1.94 bits per heavy atom. The molecule has 0 aliphatic carbocycles. The van der Waals surface area contributed by atoms with Crippen molar-refractivity contribution in [2.45, 2.75) is 32.5 Å². The van der Waals surface area contributed by atoms with Crippen LogP contribution in [0.15, 0.2) is 23.4 Å². The van der Waals surface area contributed by atoms with Gasteiger partial charge in [0.25, 0.3) is 5.78 Å². The van der Waals surface area contributed by atoms with Crippen LogP contribution in [-0.4, -0.2) is 74.0 Å². The lowest BCUT2D eigenvalue weighted by Gasteiger charge is -2.25. The lowest BCUT2D eigenvalue weighted by atomic mass is 10.1. The average molecular weight is 473 g/mol. The van der Waals surface area contributed by atoms with Crippen molar-refractivity contribution in [3.05, 3.63) is 23.8 Å². The number of rotatable bonds is 10. The predicted molar refractivity (Wildman–Crippen MR) is 126 cm³/mol. The number of fused-ring (bicyclic) bond motifs is 2. The second-order valence-electron chi connectivity index (χ2n) is 7.19. The fourth-order valence-electron chi connectivity index (χ4n) is 3.46. The van der Waals surface area contributed by atoms with Crippen LogP contribution in [0.1, 0.15) is 26.3 Å². The number of carbonyl (C=O) groups excluding carboxylic acids is 1. The van der Waals surface area contributed by atoms with E-state index in [1.54, 1.807) is 9.30 Å². The van der Waals surface area contributed by atoms with Gasteiger partial charge in [0.05, 0.1) is 5.75 Å². The van der Waals surface area contributed by atoms with Gasteiger partial charge in [0.1, 0.15) is 13.2 Å². The molecule has 0 fully saturated rings. The molecule has 12 heteroatoms. The summed E-state index contributed by atoms with van der Waals surface area (Å²) in [6, 6.07) is 5.76. The molecule has 0 unspecified atom stereocenters. The first-order chi connectivity index (χ1) is 16.1. The van der Waals surface area contributed by atoms with E-state index in [9.17, 15) is 4.79 Å². The summed E-state index contributed by atoms with van der Waals surface area (Å²) in [7, 11) is 0. The van der Waals surface area contributed by atoms with Gasteiger partial charge in [-0.25, -0.2) is 4.40 Å². The second-order valence-corrected chi connectivity index (χ2v) is 8.13. The number of carbonyl (C=O) groups is 1. The fraction of sp³-hybridized carbons (Fsp3) is 0.476. The molecule has 0 saturated carbocycles. The normalized spacial score (nSPS) is 12.6. The molecule has 11 nitrogen and oxygen atoms in total. The molecule has 3 heterocycles. The van der Waals surface area contributed by atoms with Crippen LogP contribution < -0.4 is 20.1 Å². The lowest BCUT2D eigenvalue weighted by Crippen LogP contribution is -2.32. The zero-order chi connectivity index (χ0) is 23.2. The van der Waals surface area contributed by atoms with E-state index in [0.717, 1.165) is 17.1 Å². The molecule has 3 aromatic rings. The molecule has 1 aromatic carbocycles. The first kappa shape index (κ1) is 22.9. The zero-order valence-electron chi connectivity index (χ0n) is 19.0. The molecular formula is C21H28N8O3S. The first-order valence-corrected chi connectivity index (χ1v) is 12.0. The SMILES string of the molecule is CCNc1nc(NCC)n2c(SCC(=O)N(CC)Cc3cccc4c3OCCO4)nnc2n1. The highest BCUT2D eigenvalue weighted by molar-refractivity contribution is 7.99. The van der Waals surface area contributed by atoms with Gasteiger partial charge in [-0.2, -0.15) is 9.97 Å². The van der Waals surface area contributed by atoms with Crippen LogP contribution in [-0.2, 0) is 11.3 Å². The minimum atomic E-state index is -0.0104. The van der Waals surface area contributed by atoms with Gasteiger partial charge in [-0.3, -0.25) is 4.79 Å². The topological polar surface area (TPSA) is 119 Å². The second kappa shape index (κ2) is 10.6. The molecule has 4 rings (SSSR count). The van der Waals surface area contributed by atoms with E-state index in [1.165, 1.54) is 11.8 Å². The van der Waals surface area contributed by atoms with Crippen LogP contribution in [0.3, 0.4) is 0 Å². The Kier molecular flexibility index (Phi) is 7.33. The van der Waals surface area contributed by atoms with Crippen molar-refractivity contribution in [2.75, 3.05) is 49.2 Å². The first-order valence-electron chi connectivity index (χ1n) is 11.0. The summed E-state index contributed by atoms with van der Waals surface area (Å²) >= 11 is 1.31. The lowest BCUT2D eigenvalue weighted by molar-refractivity contribution is -0.128. The molecule has 176 valence electrons. The molecule has 2 N–H and O–H groups in total. The van der Waals surface area contributed by atoms with E-state index in [4.69, 9.17) is 9.47 Å². The maximum absolute atomic E-state index is 13.0. The maximum atomic E-state index is 13.0. The number of hydrogen-bond acceptors (Lipinski definition) is 10. The largest absolute Gasteiger partial charge is 0.486 e. The molecule has 2 aromatic heterocycles. The van der Waals surface area contributed by atoms with E-state index in [-0.39, 0.29) is 11.7 Å². The number of thioether (sulfide) groups is 1. The molecule has 0 radical (unpaired) electrons. The molecule has 1 aliphatic rings. The van der Waals surface area contributed by atoms with Gasteiger partial charge in [0.15, 0.2) is 16.7 Å². The minimum Gasteiger partial charge on any atom is -0.486 e. The monoisotopic (exact) mass is 472 g/mol. The van der Waals surface area contributed by atoms with Crippen molar-refractivity contribution in [1.82, 2.24) is 29.5 Å². The van der Waals surface area contributed by atoms with Crippen molar-refractivity contribution >= 4 is 35.3 Å². The van der Waals surface area contributed by atoms with Gasteiger partial charge in [-0.15, -0.1) is 10.2 Å². The smallest absolute Gasteiger partial charge is 0.261 e. The summed E-state index contributed by atoms with van der Waals surface area (Å²) in [5, 5.41) is 15.3. The van der Waals surface area contributed by atoms with Gasteiger partial charge in [0, 0.05) is 31.7 Å². The van der Waals surface area contributed by atoms with Crippen LogP contribution in [0.5, 0.6) is 11.5 Å². The van der Waals surface area contributed by atoms with E-state index in [2.05, 4.69) is 30.8 Å². The number of amides is 1. The van der Waals surface area contributed by atoms with Crippen molar-refractivity contribution in [1.29, 1.82) is 0 Å². The third-order valence-corrected chi connectivity index (χ3v) is 5.90. The Morgan fingerprint density at radius 1 is 1.12 bits per heavy atom. The highest BCUT2D eigenvalue weighted by atomic mass is 32.2. The van der Waals surface area contributed by atoms with Crippen LogP contribution in [0.2, 0.25) is 0 Å². The Hall–Kier alpha value is -3.28. The third-order valence-electron chi connectivity index (χ3n) is 4.98. The molecule has 0 atom stereocenters. The molecule has 1 aliphatic heterocycles. The summed E-state index contributed by atoms with van der Waals surface area (Å²) in [5.74, 6) is 3.13. The minimum absolute atomic E-state index is 0.0104. The number of anilines is 2. The Morgan fingerprint density at radius 3 is 2.73 bits per heavy atom. The number of nitrogens with zero attached hydrogens (tertiary/aromatic N) is 6. The van der Waals surface area contributed by atoms with Gasteiger partial charge >= 0.3 is 0 Å². The number of nitrogens with one attached hydrogen (secondary N) is 2. The highest BCUT2D eigenvalue weighted by Crippen LogP contribution is 2.34. The molecule has 1 amide bonds. The summed E-state index contributed by atoms with van der Waals surface area (Å²) in [5.41, 5.74) is 0.930. The van der Waals surface area contributed by atoms with Crippen molar-refractivity contribution in [3.63, 3.8) is 0 Å². The van der Waals surface area contributed by atoms with Crippen molar-refractivity contribution in [3.8, 4) is 11.5 Å². The highest BCUT2D eigenvalue weighted by Gasteiger charge is 2.21. The third kappa shape index (κ3) is 5.05. The quantitative estimate of drug-likeness (QED) is 0.425. The predicted octanol–water partition coefficient (Wildman–Crippen LogP) is 2.29. The van der Waals surface area contributed by atoms with Gasteiger partial charge in [0.2, 0.25) is 17.8 Å². The van der Waals surface area contributed by atoms with Crippen LogP contribution >= 0.6 is 11.8 Å². The molecule has 0 spiro atoms. The Balaban J connectivity index is 1.48. The number of para-hydroxylation sites is 1. The van der Waals surface area contributed by atoms with Gasteiger partial charge in [-0.1, -0.05) is 23.9 Å². The van der Waals surface area contributed by atoms with Crippen LogP contribution in [0.25, 0.3) is 5.78 Å². The zero-order valence-corrected chi connectivity index (χ0v) is 19.8. The van der Waals surface area contributed by atoms with Gasteiger partial charge in [-0.05, 0) is 26.8 Å². The number of benzene rings is 1. The number of ether oxygens (including phenoxy) is 2. The fourth-order valence-corrected chi connectivity index (χ4v) is 4.29. The van der Waals surface area contributed by atoms with E-state index in [1.807, 2.05) is 39.0 Å². The summed E-state index contributed by atoms with van der Waals surface area (Å²) in [6.07, 6.45) is 0. The number of hydrogen-bond donors (Lipinski definition) is 2. The maximum Gasteiger partial charge on any atom is 0.261 e. The van der Waals surface area contributed by atoms with Crippen molar-refractivity contribution in [2.24, 2.45) is 0 Å². The molecule has 0 saturated heterocycles. The molecule has 0 bridgehead atoms. The van der Waals surface area contributed by atoms with E-state index in [0.29, 0.717) is 62.2 Å². The summed E-state index contributed by atoms with van der Waals surface area (Å²) < 4.78 is 13.2. The Labute approximate surface area is 196 Å². The summed E-state index contributed by atoms with van der Waals surface area (Å²) in [6.45, 7) is 9.34.